The maximum absolute atomic E-state index is 14.8. The molecule has 14 nitrogen and oxygen atoms in total. The number of aryl methyl sites for hydroxylation is 2. The van der Waals surface area contributed by atoms with Gasteiger partial charge in [0.15, 0.2) is 0 Å². The second kappa shape index (κ2) is 16.8. The lowest BCUT2D eigenvalue weighted by molar-refractivity contribution is -0.137. The van der Waals surface area contributed by atoms with Crippen molar-refractivity contribution in [1.29, 1.82) is 0 Å². The molecule has 0 bridgehead atoms. The van der Waals surface area contributed by atoms with Crippen LogP contribution in [0.3, 0.4) is 0 Å². The van der Waals surface area contributed by atoms with Crippen molar-refractivity contribution in [3.05, 3.63) is 71.6 Å². The van der Waals surface area contributed by atoms with Crippen LogP contribution in [-0.2, 0) is 31.9 Å². The van der Waals surface area contributed by atoms with Crippen LogP contribution in [0.15, 0.2) is 48.7 Å². The lowest BCUT2D eigenvalue weighted by atomic mass is 9.95. The number of amides is 4. The van der Waals surface area contributed by atoms with Crippen molar-refractivity contribution in [2.45, 2.75) is 96.3 Å². The number of likely N-dealkylation sites (tertiary alicyclic amines) is 2. The van der Waals surface area contributed by atoms with Gasteiger partial charge in [0.25, 0.3) is 5.92 Å². The van der Waals surface area contributed by atoms with Crippen molar-refractivity contribution in [1.82, 2.24) is 40.4 Å². The molecule has 16 heteroatoms. The summed E-state index contributed by atoms with van der Waals surface area (Å²) in [6.07, 6.45) is 3.75. The number of imidazole rings is 2. The maximum Gasteiger partial charge on any atom is 0.407 e. The van der Waals surface area contributed by atoms with Crippen LogP contribution in [0.2, 0.25) is 0 Å². The first-order valence-corrected chi connectivity index (χ1v) is 20.2. The molecule has 1 aliphatic carbocycles. The molecular weight excluding hydrogens is 763 g/mol. The van der Waals surface area contributed by atoms with E-state index >= 15 is 0 Å². The number of alkyl carbamates (subject to hydrolysis) is 2. The Labute approximate surface area is 341 Å². The SMILES string of the molecule is COC(=O)N[C@H](C(=O)N1CCC[C@@H]1c1nc2c([nH]1)CCCc1cc(-c3ccc(-c4cnc([C@@H]5CC(F)(F)CN5C(=O)[C@@H](NC(=O)OC)C(C)C)[nH]4)cc3)ccc1-2)C(C)C. The lowest BCUT2D eigenvalue weighted by Crippen LogP contribution is -2.51. The number of nitrogens with zero attached hydrogens (tertiary/aromatic N) is 4. The molecular formula is C43H52F2N8O6. The Morgan fingerprint density at radius 2 is 1.42 bits per heavy atom. The molecule has 0 saturated carbocycles. The summed E-state index contributed by atoms with van der Waals surface area (Å²) in [5, 5.41) is 5.20. The van der Waals surface area contributed by atoms with Crippen molar-refractivity contribution >= 4 is 24.0 Å². The van der Waals surface area contributed by atoms with Crippen molar-refractivity contribution in [2.75, 3.05) is 27.3 Å². The zero-order valence-electron chi connectivity index (χ0n) is 34.2. The Morgan fingerprint density at radius 3 is 2.07 bits per heavy atom. The minimum Gasteiger partial charge on any atom is -0.453 e. The van der Waals surface area contributed by atoms with E-state index in [1.165, 1.54) is 19.8 Å². The maximum atomic E-state index is 14.8. The smallest absolute Gasteiger partial charge is 0.407 e. The molecule has 0 radical (unpaired) electrons. The average Bonchev–Trinajstić information content (AvgIpc) is 4.03. The van der Waals surface area contributed by atoms with Gasteiger partial charge < -0.3 is 39.9 Å². The average molecular weight is 815 g/mol. The number of benzene rings is 2. The third-order valence-corrected chi connectivity index (χ3v) is 11.7. The summed E-state index contributed by atoms with van der Waals surface area (Å²) < 4.78 is 39.1. The number of methoxy groups -OCH3 is 2. The van der Waals surface area contributed by atoms with Crippen molar-refractivity contribution in [3.63, 3.8) is 0 Å². The van der Waals surface area contributed by atoms with Crippen LogP contribution in [0.1, 0.15) is 88.4 Å². The zero-order chi connectivity index (χ0) is 42.2. The number of hydrogen-bond donors (Lipinski definition) is 4. The summed E-state index contributed by atoms with van der Waals surface area (Å²) >= 11 is 0. The second-order valence-electron chi connectivity index (χ2n) is 16.4. The minimum atomic E-state index is -3.13. The van der Waals surface area contributed by atoms with Gasteiger partial charge in [0, 0.05) is 24.2 Å². The van der Waals surface area contributed by atoms with Crippen molar-refractivity contribution < 1.29 is 37.4 Å². The molecule has 4 atom stereocenters. The minimum absolute atomic E-state index is 0.125. The van der Waals surface area contributed by atoms with Crippen LogP contribution < -0.4 is 10.6 Å². The molecule has 59 heavy (non-hydrogen) atoms. The number of H-pyrrole nitrogens is 2. The van der Waals surface area contributed by atoms with E-state index in [-0.39, 0.29) is 29.6 Å². The first kappa shape index (κ1) is 41.4. The Morgan fingerprint density at radius 1 is 0.797 bits per heavy atom. The Kier molecular flexibility index (Phi) is 11.8. The number of alkyl halides is 2. The first-order chi connectivity index (χ1) is 28.2. The fraction of sp³-hybridized carbons (Fsp3) is 0.488. The van der Waals surface area contributed by atoms with Gasteiger partial charge in [-0.25, -0.2) is 28.3 Å². The quantitative estimate of drug-likeness (QED) is 0.133. The number of ether oxygens (including phenoxy) is 2. The monoisotopic (exact) mass is 814 g/mol. The van der Waals surface area contributed by atoms with Crippen molar-refractivity contribution in [2.24, 2.45) is 11.8 Å². The number of halogens is 2. The molecule has 2 aliphatic heterocycles. The van der Waals surface area contributed by atoms with Gasteiger partial charge >= 0.3 is 12.2 Å². The standard InChI is InChI=1S/C43H52F2N8O6/c1-23(2)34(50-41(56)58-5)39(54)52-18-8-11-32(52)38-47-30-10-7-9-28-19-27(16-17-29(28)36(30)49-38)25-12-14-26(15-13-25)31-21-46-37(48-31)33-20-43(44,45)22-53(33)40(55)35(24(3)4)51-42(57)59-6/h12-17,19,21,23-24,32-35H,7-11,18,20,22H2,1-6H3,(H,46,48)(H,47,49)(H,50,56)(H,51,57)/t32-,33+,34+,35+/m1/s1. The summed E-state index contributed by atoms with van der Waals surface area (Å²) in [4.78, 5) is 70.5. The van der Waals surface area contributed by atoms with Crippen LogP contribution in [0.5, 0.6) is 0 Å². The highest BCUT2D eigenvalue weighted by Gasteiger charge is 2.50. The summed E-state index contributed by atoms with van der Waals surface area (Å²) in [5.74, 6) is -3.40. The number of aromatic nitrogens is 4. The van der Waals surface area contributed by atoms with E-state index in [0.717, 1.165) is 76.5 Å². The molecule has 2 fully saturated rings. The molecule has 7 rings (SSSR count). The van der Waals surface area contributed by atoms with E-state index in [4.69, 9.17) is 9.72 Å². The van der Waals surface area contributed by atoms with E-state index in [2.05, 4.69) is 48.5 Å². The number of rotatable bonds is 10. The summed E-state index contributed by atoms with van der Waals surface area (Å²) in [6, 6.07) is 11.3. The predicted molar refractivity (Wildman–Crippen MR) is 215 cm³/mol. The number of carbonyl (C=O) groups excluding carboxylic acids is 4. The van der Waals surface area contributed by atoms with Crippen LogP contribution in [0, 0.1) is 11.8 Å². The topological polar surface area (TPSA) is 175 Å². The highest BCUT2D eigenvalue weighted by atomic mass is 19.3. The molecule has 2 aromatic carbocycles. The Bertz CT molecular complexity index is 2200. The molecule has 0 unspecified atom stereocenters. The lowest BCUT2D eigenvalue weighted by Gasteiger charge is -2.30. The van der Waals surface area contributed by atoms with Gasteiger partial charge in [-0.05, 0) is 66.2 Å². The Hall–Kier alpha value is -5.80. The third kappa shape index (κ3) is 8.53. The fourth-order valence-electron chi connectivity index (χ4n) is 8.52. The van der Waals surface area contributed by atoms with Gasteiger partial charge in [-0.15, -0.1) is 0 Å². The fourth-order valence-corrected chi connectivity index (χ4v) is 8.52. The molecule has 0 spiro atoms. The predicted octanol–water partition coefficient (Wildman–Crippen LogP) is 6.96. The van der Waals surface area contributed by atoms with E-state index in [0.29, 0.717) is 12.2 Å². The second-order valence-corrected chi connectivity index (χ2v) is 16.4. The van der Waals surface area contributed by atoms with E-state index in [1.54, 1.807) is 20.0 Å². The van der Waals surface area contributed by atoms with Gasteiger partial charge in [-0.1, -0.05) is 70.2 Å². The first-order valence-electron chi connectivity index (χ1n) is 20.2. The van der Waals surface area contributed by atoms with Crippen LogP contribution >= 0.6 is 0 Å². The van der Waals surface area contributed by atoms with Gasteiger partial charge in [-0.2, -0.15) is 0 Å². The van der Waals surface area contributed by atoms with E-state index in [1.807, 2.05) is 43.0 Å². The number of nitrogens with one attached hydrogen (secondary N) is 4. The van der Waals surface area contributed by atoms with Crippen LogP contribution in [-0.4, -0.2) is 99.1 Å². The molecule has 2 aromatic heterocycles. The highest BCUT2D eigenvalue weighted by Crippen LogP contribution is 2.42. The zero-order valence-corrected chi connectivity index (χ0v) is 34.2. The van der Waals surface area contributed by atoms with Crippen LogP contribution in [0.4, 0.5) is 18.4 Å². The number of fused-ring (bicyclic) bond motifs is 3. The number of carbonyl (C=O) groups is 4. The van der Waals surface area contributed by atoms with Gasteiger partial charge in [-0.3, -0.25) is 9.59 Å². The molecule has 314 valence electrons. The molecule has 4 amide bonds. The third-order valence-electron chi connectivity index (χ3n) is 11.7. The summed E-state index contributed by atoms with van der Waals surface area (Å²) in [6.45, 7) is 7.04. The van der Waals surface area contributed by atoms with Crippen LogP contribution in [0.25, 0.3) is 33.6 Å². The van der Waals surface area contributed by atoms with E-state index < -0.39 is 55.1 Å². The molecule has 2 saturated heterocycles. The highest BCUT2D eigenvalue weighted by molar-refractivity contribution is 5.87. The molecule has 4 N–H and O–H groups in total. The molecule has 4 heterocycles. The molecule has 3 aliphatic rings. The van der Waals surface area contributed by atoms with Gasteiger partial charge in [0.05, 0.1) is 50.4 Å². The normalized spacial score (nSPS) is 19.5. The number of aromatic amines is 2. The van der Waals surface area contributed by atoms with Gasteiger partial charge in [0.1, 0.15) is 23.7 Å². The number of hydrogen-bond acceptors (Lipinski definition) is 8. The summed E-state index contributed by atoms with van der Waals surface area (Å²) in [5.41, 5.74) is 7.63. The Balaban J connectivity index is 1.08. The largest absolute Gasteiger partial charge is 0.453 e. The molecule has 4 aromatic rings. The summed E-state index contributed by atoms with van der Waals surface area (Å²) in [7, 11) is 2.46. The van der Waals surface area contributed by atoms with E-state index in [9.17, 15) is 28.0 Å². The van der Waals surface area contributed by atoms with Gasteiger partial charge in [0.2, 0.25) is 11.8 Å². The van der Waals surface area contributed by atoms with Crippen molar-refractivity contribution in [3.8, 4) is 33.6 Å².